The summed E-state index contributed by atoms with van der Waals surface area (Å²) in [7, 11) is 0. The fourth-order valence-electron chi connectivity index (χ4n) is 3.63. The Balaban J connectivity index is 0.00000364. The van der Waals surface area contributed by atoms with Crippen LogP contribution >= 0.6 is 12.4 Å². The molecule has 3 N–H and O–H groups in total. The minimum atomic E-state index is -0.398. The maximum Gasteiger partial charge on any atom is 0.228 e. The van der Waals surface area contributed by atoms with Crippen LogP contribution in [0.2, 0.25) is 0 Å². The van der Waals surface area contributed by atoms with Gasteiger partial charge in [-0.25, -0.2) is 0 Å². The summed E-state index contributed by atoms with van der Waals surface area (Å²) in [6.07, 6.45) is 4.54. The summed E-state index contributed by atoms with van der Waals surface area (Å²) in [4.78, 5) is 27.1. The van der Waals surface area contributed by atoms with Crippen LogP contribution in [0.15, 0.2) is 30.3 Å². The SMILES string of the molecule is CC(C)(CCCc1ccccc1)C(=O)N1CCCC(C(=O)NCCN)C1.Cl. The van der Waals surface area contributed by atoms with Crippen LogP contribution in [0.1, 0.15) is 45.1 Å². The first kappa shape index (κ1) is 23.4. The van der Waals surface area contributed by atoms with Crippen molar-refractivity contribution in [2.24, 2.45) is 17.1 Å². The van der Waals surface area contributed by atoms with Crippen LogP contribution in [0.4, 0.5) is 0 Å². The number of carbonyl (C=O) groups is 2. The standard InChI is InChI=1S/C21H33N3O2.ClH/c1-21(2,12-6-10-17-8-4-3-5-9-17)20(26)24-15-7-11-18(16-24)19(25)23-14-13-22;/h3-5,8-9,18H,6-7,10-16,22H2,1-2H3,(H,23,25);1H. The molecule has 1 aromatic carbocycles. The van der Waals surface area contributed by atoms with Crippen molar-refractivity contribution in [3.63, 3.8) is 0 Å². The maximum atomic E-state index is 13.0. The Morgan fingerprint density at radius 1 is 1.26 bits per heavy atom. The summed E-state index contributed by atoms with van der Waals surface area (Å²) in [5, 5.41) is 2.85. The summed E-state index contributed by atoms with van der Waals surface area (Å²) in [6, 6.07) is 10.4. The van der Waals surface area contributed by atoms with Gasteiger partial charge in [-0.1, -0.05) is 44.2 Å². The average Bonchev–Trinajstić information content (AvgIpc) is 2.66. The van der Waals surface area contributed by atoms with Gasteiger partial charge in [0.15, 0.2) is 0 Å². The van der Waals surface area contributed by atoms with Gasteiger partial charge in [0.2, 0.25) is 11.8 Å². The van der Waals surface area contributed by atoms with E-state index < -0.39 is 5.41 Å². The van der Waals surface area contributed by atoms with Crippen molar-refractivity contribution in [1.82, 2.24) is 10.2 Å². The van der Waals surface area contributed by atoms with E-state index in [2.05, 4.69) is 29.6 Å². The molecule has 152 valence electrons. The van der Waals surface area contributed by atoms with Gasteiger partial charge in [0.05, 0.1) is 5.92 Å². The number of benzene rings is 1. The van der Waals surface area contributed by atoms with Crippen molar-refractivity contribution < 1.29 is 9.59 Å². The monoisotopic (exact) mass is 395 g/mol. The molecule has 1 aromatic rings. The molecular weight excluding hydrogens is 362 g/mol. The number of aryl methyl sites for hydroxylation is 1. The molecule has 1 aliphatic rings. The summed E-state index contributed by atoms with van der Waals surface area (Å²) >= 11 is 0. The summed E-state index contributed by atoms with van der Waals surface area (Å²) in [6.45, 7) is 6.26. The van der Waals surface area contributed by atoms with Gasteiger partial charge in [0, 0.05) is 31.6 Å². The number of halogens is 1. The van der Waals surface area contributed by atoms with E-state index in [9.17, 15) is 9.59 Å². The van der Waals surface area contributed by atoms with Crippen LogP contribution in [-0.4, -0.2) is 42.9 Å². The van der Waals surface area contributed by atoms with Gasteiger partial charge in [-0.15, -0.1) is 12.4 Å². The molecule has 6 heteroatoms. The Morgan fingerprint density at radius 2 is 1.96 bits per heavy atom. The molecule has 0 aliphatic carbocycles. The van der Waals surface area contributed by atoms with Gasteiger partial charge in [-0.2, -0.15) is 0 Å². The number of amides is 2. The van der Waals surface area contributed by atoms with Crippen LogP contribution in [0, 0.1) is 11.3 Å². The lowest BCUT2D eigenvalue weighted by atomic mass is 9.83. The fraction of sp³-hybridized carbons (Fsp3) is 0.619. The normalized spacial score (nSPS) is 17.1. The highest BCUT2D eigenvalue weighted by atomic mass is 35.5. The number of hydrogen-bond donors (Lipinski definition) is 2. The molecule has 1 atom stereocenters. The Bertz CT molecular complexity index is 592. The van der Waals surface area contributed by atoms with Crippen LogP contribution in [0.5, 0.6) is 0 Å². The minimum absolute atomic E-state index is 0. The molecule has 27 heavy (non-hydrogen) atoms. The second-order valence-electron chi connectivity index (χ2n) is 7.89. The number of nitrogens with two attached hydrogens (primary N) is 1. The highest BCUT2D eigenvalue weighted by molar-refractivity contribution is 5.85. The Labute approximate surface area is 169 Å². The molecule has 0 spiro atoms. The molecule has 1 heterocycles. The quantitative estimate of drug-likeness (QED) is 0.710. The van der Waals surface area contributed by atoms with E-state index in [1.165, 1.54) is 5.56 Å². The molecule has 1 aliphatic heterocycles. The first-order chi connectivity index (χ1) is 12.4. The Morgan fingerprint density at radius 3 is 2.63 bits per heavy atom. The zero-order valence-corrected chi connectivity index (χ0v) is 17.4. The van der Waals surface area contributed by atoms with E-state index in [0.717, 1.165) is 38.6 Å². The van der Waals surface area contributed by atoms with Crippen molar-refractivity contribution in [3.8, 4) is 0 Å². The molecule has 5 nitrogen and oxygen atoms in total. The average molecular weight is 396 g/mol. The predicted octanol–water partition coefficient (Wildman–Crippen LogP) is 2.77. The minimum Gasteiger partial charge on any atom is -0.355 e. The van der Waals surface area contributed by atoms with E-state index in [4.69, 9.17) is 5.73 Å². The van der Waals surface area contributed by atoms with Gasteiger partial charge in [0.1, 0.15) is 0 Å². The molecule has 2 amide bonds. The lowest BCUT2D eigenvalue weighted by Gasteiger charge is -2.37. The fourth-order valence-corrected chi connectivity index (χ4v) is 3.63. The summed E-state index contributed by atoms with van der Waals surface area (Å²) < 4.78 is 0. The Hall–Kier alpha value is -1.59. The van der Waals surface area contributed by atoms with Crippen molar-refractivity contribution in [2.75, 3.05) is 26.2 Å². The number of likely N-dealkylation sites (tertiary alicyclic amines) is 1. The molecular formula is C21H34ClN3O2. The summed E-state index contributed by atoms with van der Waals surface area (Å²) in [5.41, 5.74) is 6.36. The number of nitrogens with one attached hydrogen (secondary N) is 1. The zero-order valence-electron chi connectivity index (χ0n) is 16.6. The third-order valence-corrected chi connectivity index (χ3v) is 5.21. The number of hydrogen-bond acceptors (Lipinski definition) is 3. The maximum absolute atomic E-state index is 13.0. The van der Waals surface area contributed by atoms with Gasteiger partial charge < -0.3 is 16.0 Å². The number of nitrogens with zero attached hydrogens (tertiary/aromatic N) is 1. The van der Waals surface area contributed by atoms with Crippen molar-refractivity contribution in [1.29, 1.82) is 0 Å². The number of rotatable bonds is 8. The van der Waals surface area contributed by atoms with E-state index in [-0.39, 0.29) is 30.1 Å². The molecule has 1 fully saturated rings. The molecule has 0 saturated carbocycles. The first-order valence-electron chi connectivity index (χ1n) is 9.75. The van der Waals surface area contributed by atoms with Crippen LogP contribution < -0.4 is 11.1 Å². The van der Waals surface area contributed by atoms with Crippen LogP contribution in [0.3, 0.4) is 0 Å². The molecule has 0 bridgehead atoms. The topological polar surface area (TPSA) is 75.4 Å². The Kier molecular flexibility index (Phi) is 9.81. The predicted molar refractivity (Wildman–Crippen MR) is 112 cm³/mol. The number of piperidine rings is 1. The van der Waals surface area contributed by atoms with Gasteiger partial charge in [-0.05, 0) is 37.7 Å². The van der Waals surface area contributed by atoms with Crippen molar-refractivity contribution >= 4 is 24.2 Å². The smallest absolute Gasteiger partial charge is 0.228 e. The van der Waals surface area contributed by atoms with Gasteiger partial charge >= 0.3 is 0 Å². The van der Waals surface area contributed by atoms with E-state index >= 15 is 0 Å². The van der Waals surface area contributed by atoms with Gasteiger partial charge in [-0.3, -0.25) is 9.59 Å². The van der Waals surface area contributed by atoms with Crippen molar-refractivity contribution in [2.45, 2.75) is 46.0 Å². The molecule has 0 aromatic heterocycles. The highest BCUT2D eigenvalue weighted by Gasteiger charge is 2.35. The highest BCUT2D eigenvalue weighted by Crippen LogP contribution is 2.29. The van der Waals surface area contributed by atoms with E-state index in [1.807, 2.05) is 24.8 Å². The second-order valence-corrected chi connectivity index (χ2v) is 7.89. The van der Waals surface area contributed by atoms with E-state index in [1.54, 1.807) is 0 Å². The van der Waals surface area contributed by atoms with Crippen LogP contribution in [-0.2, 0) is 16.0 Å². The molecule has 1 unspecified atom stereocenters. The third-order valence-electron chi connectivity index (χ3n) is 5.21. The van der Waals surface area contributed by atoms with E-state index in [0.29, 0.717) is 19.6 Å². The summed E-state index contributed by atoms with van der Waals surface area (Å²) in [5.74, 6) is 0.0797. The second kappa shape index (κ2) is 11.3. The number of carbonyl (C=O) groups excluding carboxylic acids is 2. The largest absolute Gasteiger partial charge is 0.355 e. The molecule has 0 radical (unpaired) electrons. The third kappa shape index (κ3) is 7.15. The molecule has 2 rings (SSSR count). The van der Waals surface area contributed by atoms with Crippen molar-refractivity contribution in [3.05, 3.63) is 35.9 Å². The first-order valence-corrected chi connectivity index (χ1v) is 9.75. The zero-order chi connectivity index (χ0) is 19.0. The van der Waals surface area contributed by atoms with Gasteiger partial charge in [0.25, 0.3) is 0 Å². The van der Waals surface area contributed by atoms with Crippen LogP contribution in [0.25, 0.3) is 0 Å². The lowest BCUT2D eigenvalue weighted by molar-refractivity contribution is -0.144. The lowest BCUT2D eigenvalue weighted by Crippen LogP contribution is -2.49. The molecule has 1 saturated heterocycles.